The van der Waals surface area contributed by atoms with Crippen molar-refractivity contribution in [1.82, 2.24) is 5.32 Å². The van der Waals surface area contributed by atoms with E-state index in [4.69, 9.17) is 0 Å². The van der Waals surface area contributed by atoms with Crippen LogP contribution < -0.4 is 10.2 Å². The van der Waals surface area contributed by atoms with Crippen LogP contribution in [0.5, 0.6) is 0 Å². The first-order valence-corrected chi connectivity index (χ1v) is 12.3. The summed E-state index contributed by atoms with van der Waals surface area (Å²) in [4.78, 5) is 13.3. The van der Waals surface area contributed by atoms with Gasteiger partial charge in [-0.1, -0.05) is 18.2 Å². The van der Waals surface area contributed by atoms with Crippen LogP contribution in [0.25, 0.3) is 0 Å². The summed E-state index contributed by atoms with van der Waals surface area (Å²) >= 11 is 0. The quantitative estimate of drug-likeness (QED) is 0.502. The SMILES string of the molecule is N#Cc1ccccc1CS(=O)(=O)C[C@@H](C(=O)NC1(C#N)CC1)N(CC(F)(F)F)c1ccc(F)cc1F. The number of benzene rings is 2. The molecule has 0 bridgehead atoms. The lowest BCUT2D eigenvalue weighted by atomic mass is 10.1. The number of carbonyl (C=O) groups excluding carboxylic acids is 1. The van der Waals surface area contributed by atoms with Gasteiger partial charge in [0.15, 0.2) is 9.84 Å². The number of sulfone groups is 1. The van der Waals surface area contributed by atoms with Gasteiger partial charge in [0.05, 0.1) is 34.9 Å². The smallest absolute Gasteiger partial charge is 0.347 e. The molecule has 0 radical (unpaired) electrons. The standard InChI is InChI=1S/C23H19F5N4O3S/c24-17-5-6-19(18(25)9-17)32(14-23(26,27)28)20(21(33)31-22(13-30)7-8-22)12-36(34,35)11-16-4-2-1-3-15(16)10-29/h1-6,9,20H,7-8,11-12,14H2,(H,31,33)/t20-/m0/s1. The minimum atomic E-state index is -5.01. The molecule has 3 rings (SSSR count). The first-order valence-electron chi connectivity index (χ1n) is 10.5. The summed E-state index contributed by atoms with van der Waals surface area (Å²) in [6, 6.07) is 8.80. The van der Waals surface area contributed by atoms with Gasteiger partial charge in [-0.3, -0.25) is 4.79 Å². The zero-order valence-corrected chi connectivity index (χ0v) is 19.3. The number of hydrogen-bond donors (Lipinski definition) is 1. The topological polar surface area (TPSA) is 114 Å². The second kappa shape index (κ2) is 10.1. The molecule has 0 aliphatic heterocycles. The summed E-state index contributed by atoms with van der Waals surface area (Å²) < 4.78 is 94.7. The van der Waals surface area contributed by atoms with Crippen molar-refractivity contribution in [3.63, 3.8) is 0 Å². The van der Waals surface area contributed by atoms with Crippen LogP contribution >= 0.6 is 0 Å². The largest absolute Gasteiger partial charge is 0.405 e. The van der Waals surface area contributed by atoms with Crippen molar-refractivity contribution in [2.75, 3.05) is 17.2 Å². The van der Waals surface area contributed by atoms with E-state index in [1.807, 2.05) is 12.1 Å². The molecule has 1 saturated carbocycles. The number of amides is 1. The summed E-state index contributed by atoms with van der Waals surface area (Å²) in [5.74, 6) is -5.75. The molecule has 0 aromatic heterocycles. The second-order valence-electron chi connectivity index (χ2n) is 8.36. The number of carbonyl (C=O) groups is 1. The Kier molecular flexibility index (Phi) is 7.55. The first-order chi connectivity index (χ1) is 16.8. The molecular formula is C23H19F5N4O3S. The van der Waals surface area contributed by atoms with Gasteiger partial charge in [-0.25, -0.2) is 17.2 Å². The molecule has 1 N–H and O–H groups in total. The van der Waals surface area contributed by atoms with E-state index in [-0.39, 0.29) is 28.9 Å². The number of nitrogens with zero attached hydrogens (tertiary/aromatic N) is 3. The summed E-state index contributed by atoms with van der Waals surface area (Å²) in [7, 11) is -4.38. The van der Waals surface area contributed by atoms with Gasteiger partial charge in [-0.2, -0.15) is 23.7 Å². The third-order valence-corrected chi connectivity index (χ3v) is 7.07. The highest BCUT2D eigenvalue weighted by Crippen LogP contribution is 2.35. The lowest BCUT2D eigenvalue weighted by molar-refractivity contribution is -0.127. The molecule has 2 aromatic carbocycles. The Morgan fingerprint density at radius 2 is 1.81 bits per heavy atom. The van der Waals surface area contributed by atoms with Gasteiger partial charge in [-0.15, -0.1) is 0 Å². The van der Waals surface area contributed by atoms with E-state index in [0.29, 0.717) is 18.2 Å². The maximum atomic E-state index is 14.6. The summed E-state index contributed by atoms with van der Waals surface area (Å²) in [6.45, 7) is -1.93. The predicted molar refractivity (Wildman–Crippen MR) is 118 cm³/mol. The molecule has 36 heavy (non-hydrogen) atoms. The number of rotatable bonds is 9. The van der Waals surface area contributed by atoms with Crippen molar-refractivity contribution >= 4 is 21.4 Å². The summed E-state index contributed by atoms with van der Waals surface area (Å²) in [6.07, 6.45) is -4.61. The normalized spacial score (nSPS) is 15.3. The highest BCUT2D eigenvalue weighted by atomic mass is 32.2. The van der Waals surface area contributed by atoms with Crippen LogP contribution in [0.3, 0.4) is 0 Å². The zero-order chi connectivity index (χ0) is 26.7. The van der Waals surface area contributed by atoms with E-state index in [1.165, 1.54) is 24.3 Å². The molecule has 0 spiro atoms. The fourth-order valence-corrected chi connectivity index (χ4v) is 5.23. The van der Waals surface area contributed by atoms with E-state index < -0.39 is 68.9 Å². The molecule has 0 saturated heterocycles. The van der Waals surface area contributed by atoms with Crippen molar-refractivity contribution in [3.05, 3.63) is 65.2 Å². The molecule has 1 aliphatic rings. The van der Waals surface area contributed by atoms with Gasteiger partial charge >= 0.3 is 6.18 Å². The Balaban J connectivity index is 2.05. The van der Waals surface area contributed by atoms with Gasteiger partial charge < -0.3 is 10.2 Å². The van der Waals surface area contributed by atoms with Gasteiger partial charge in [0, 0.05) is 6.07 Å². The zero-order valence-electron chi connectivity index (χ0n) is 18.5. The molecule has 1 amide bonds. The molecule has 1 atom stereocenters. The summed E-state index contributed by atoms with van der Waals surface area (Å²) in [5, 5.41) is 20.8. The van der Waals surface area contributed by atoms with Crippen LogP contribution in [0.4, 0.5) is 27.6 Å². The number of alkyl halides is 3. The fraction of sp³-hybridized carbons (Fsp3) is 0.348. The van der Waals surface area contributed by atoms with E-state index in [1.54, 1.807) is 0 Å². The molecule has 7 nitrogen and oxygen atoms in total. The molecule has 2 aromatic rings. The average molecular weight is 526 g/mol. The molecule has 190 valence electrons. The number of halogens is 5. The minimum Gasteiger partial charge on any atom is -0.347 e. The minimum absolute atomic E-state index is 0.0141. The van der Waals surface area contributed by atoms with Crippen molar-refractivity contribution in [3.8, 4) is 12.1 Å². The highest BCUT2D eigenvalue weighted by Gasteiger charge is 2.48. The van der Waals surface area contributed by atoms with E-state index in [0.717, 1.165) is 0 Å². The first kappa shape index (κ1) is 26.9. The number of nitriles is 2. The van der Waals surface area contributed by atoms with Crippen LogP contribution in [-0.2, 0) is 20.4 Å². The van der Waals surface area contributed by atoms with Gasteiger partial charge in [0.25, 0.3) is 0 Å². The van der Waals surface area contributed by atoms with Gasteiger partial charge in [-0.05, 0) is 36.6 Å². The van der Waals surface area contributed by atoms with Crippen molar-refractivity contribution in [2.45, 2.75) is 36.4 Å². The lowest BCUT2D eigenvalue weighted by Crippen LogP contribution is -2.56. The lowest BCUT2D eigenvalue weighted by Gasteiger charge is -2.34. The molecule has 0 unspecified atom stereocenters. The fourth-order valence-electron chi connectivity index (χ4n) is 3.58. The molecular weight excluding hydrogens is 507 g/mol. The maximum absolute atomic E-state index is 14.6. The van der Waals surface area contributed by atoms with Crippen LogP contribution in [0, 0.1) is 34.3 Å². The maximum Gasteiger partial charge on any atom is 0.405 e. The Labute approximate surface area is 203 Å². The molecule has 1 aliphatic carbocycles. The van der Waals surface area contributed by atoms with Crippen LogP contribution in [-0.4, -0.2) is 44.4 Å². The van der Waals surface area contributed by atoms with E-state index >= 15 is 0 Å². The van der Waals surface area contributed by atoms with Gasteiger partial charge in [0.2, 0.25) is 5.91 Å². The number of anilines is 1. The van der Waals surface area contributed by atoms with Crippen molar-refractivity contribution in [1.29, 1.82) is 10.5 Å². The predicted octanol–water partition coefficient (Wildman–Crippen LogP) is 3.36. The Bertz CT molecular complexity index is 1340. The average Bonchev–Trinajstić information content (AvgIpc) is 3.55. The third kappa shape index (κ3) is 6.70. The monoisotopic (exact) mass is 526 g/mol. The number of hydrogen-bond acceptors (Lipinski definition) is 6. The summed E-state index contributed by atoms with van der Waals surface area (Å²) in [5.41, 5.74) is -2.13. The molecule has 1 fully saturated rings. The van der Waals surface area contributed by atoms with E-state index in [9.17, 15) is 45.7 Å². The van der Waals surface area contributed by atoms with Crippen LogP contribution in [0.15, 0.2) is 42.5 Å². The van der Waals surface area contributed by atoms with Gasteiger partial charge in [0.1, 0.15) is 29.8 Å². The van der Waals surface area contributed by atoms with E-state index in [2.05, 4.69) is 5.32 Å². The molecule has 13 heteroatoms. The Hall–Kier alpha value is -3.71. The highest BCUT2D eigenvalue weighted by molar-refractivity contribution is 7.90. The van der Waals surface area contributed by atoms with Crippen molar-refractivity contribution in [2.24, 2.45) is 0 Å². The number of nitrogens with one attached hydrogen (secondary N) is 1. The molecule has 0 heterocycles. The Morgan fingerprint density at radius 3 is 2.36 bits per heavy atom. The Morgan fingerprint density at radius 1 is 1.14 bits per heavy atom. The van der Waals surface area contributed by atoms with Crippen LogP contribution in [0.1, 0.15) is 24.0 Å². The second-order valence-corrected chi connectivity index (χ2v) is 10.5. The van der Waals surface area contributed by atoms with Crippen LogP contribution in [0.2, 0.25) is 0 Å². The van der Waals surface area contributed by atoms with Crippen molar-refractivity contribution < 1.29 is 35.2 Å². The third-order valence-electron chi connectivity index (χ3n) is 5.50.